The molecule has 0 saturated carbocycles. The Bertz CT molecular complexity index is 1230. The maximum Gasteiger partial charge on any atom is 0.260 e. The lowest BCUT2D eigenvalue weighted by atomic mass is 9.90. The van der Waals surface area contributed by atoms with Gasteiger partial charge in [0.25, 0.3) is 5.91 Å². The zero-order chi connectivity index (χ0) is 29.2. The van der Waals surface area contributed by atoms with Gasteiger partial charge >= 0.3 is 0 Å². The number of carbonyl (C=O) groups excluding carboxylic acids is 2. The van der Waals surface area contributed by atoms with Crippen LogP contribution in [0.25, 0.3) is 5.70 Å². The number of likely N-dealkylation sites (tertiary alicyclic amines) is 1. The zero-order valence-electron chi connectivity index (χ0n) is 24.8. The smallest absolute Gasteiger partial charge is 0.260 e. The molecule has 0 aromatic heterocycles. The van der Waals surface area contributed by atoms with E-state index in [4.69, 9.17) is 4.74 Å². The van der Waals surface area contributed by atoms with Crippen LogP contribution < -0.4 is 4.74 Å². The highest BCUT2D eigenvalue weighted by atomic mass is 16.5. The molecule has 218 valence electrons. The van der Waals surface area contributed by atoms with Gasteiger partial charge in [-0.1, -0.05) is 51.2 Å². The molecule has 0 spiro atoms. The van der Waals surface area contributed by atoms with Crippen LogP contribution in [-0.4, -0.2) is 53.8 Å². The summed E-state index contributed by atoms with van der Waals surface area (Å²) in [4.78, 5) is 29.8. The SMILES string of the molecule is C=C=C(C)C(CCC(=O)C=C)N1C(=O)c2cc(OCCCCCC3CCN(CC4CC=CC4)CC3)ccc2C1=C=C. The number of hydrogen-bond donors (Lipinski definition) is 0. The van der Waals surface area contributed by atoms with Crippen molar-refractivity contribution in [3.63, 3.8) is 0 Å². The summed E-state index contributed by atoms with van der Waals surface area (Å²) < 4.78 is 6.06. The summed E-state index contributed by atoms with van der Waals surface area (Å²) >= 11 is 0. The van der Waals surface area contributed by atoms with Gasteiger partial charge in [0.1, 0.15) is 5.75 Å². The van der Waals surface area contributed by atoms with Gasteiger partial charge in [0, 0.05) is 18.5 Å². The molecule has 1 aromatic rings. The maximum absolute atomic E-state index is 13.6. The standard InChI is InChI=1S/C36H46N2O3/c1-5-27(4)35(19-16-30(39)6-2)38-34(7-3)32-18-17-31(25-33(32)36(38)40)41-24-12-8-9-13-28-20-22-37(23-21-28)26-29-14-10-11-15-29/h6,10-11,17-18,25,28-29,35H,1-3,8-9,12-16,19-24,26H2,4H3. The van der Waals surface area contributed by atoms with Crippen molar-refractivity contribution in [3.05, 3.63) is 84.3 Å². The number of ether oxygens (including phenoxy) is 1. The van der Waals surface area contributed by atoms with Gasteiger partial charge in [0.15, 0.2) is 5.78 Å². The van der Waals surface area contributed by atoms with Gasteiger partial charge in [-0.25, -0.2) is 0 Å². The molecule has 2 heterocycles. The molecule has 1 aromatic carbocycles. The Morgan fingerprint density at radius 2 is 1.85 bits per heavy atom. The minimum atomic E-state index is -0.359. The van der Waals surface area contributed by atoms with Crippen molar-refractivity contribution in [2.24, 2.45) is 11.8 Å². The molecule has 5 nitrogen and oxygen atoms in total. The largest absolute Gasteiger partial charge is 0.494 e. The molecule has 1 atom stereocenters. The topological polar surface area (TPSA) is 49.9 Å². The number of hydrogen-bond acceptors (Lipinski definition) is 4. The molecule has 1 unspecified atom stereocenters. The van der Waals surface area contributed by atoms with Crippen LogP contribution in [0.15, 0.2) is 73.2 Å². The molecule has 1 amide bonds. The predicted octanol–water partition coefficient (Wildman–Crippen LogP) is 7.52. The molecular weight excluding hydrogens is 508 g/mol. The summed E-state index contributed by atoms with van der Waals surface area (Å²) in [5.74, 6) is 2.21. The van der Waals surface area contributed by atoms with Crippen molar-refractivity contribution in [2.75, 3.05) is 26.2 Å². The van der Waals surface area contributed by atoms with Crippen molar-refractivity contribution in [3.8, 4) is 5.75 Å². The fraction of sp³-hybridized carbons (Fsp3) is 0.500. The number of benzene rings is 1. The number of nitrogens with zero attached hydrogens (tertiary/aromatic N) is 2. The van der Waals surface area contributed by atoms with Gasteiger partial charge in [0.2, 0.25) is 0 Å². The lowest BCUT2D eigenvalue weighted by molar-refractivity contribution is -0.114. The third-order valence-electron chi connectivity index (χ3n) is 8.94. The molecule has 3 aliphatic rings. The van der Waals surface area contributed by atoms with E-state index in [9.17, 15) is 9.59 Å². The van der Waals surface area contributed by atoms with E-state index < -0.39 is 0 Å². The van der Waals surface area contributed by atoms with Gasteiger partial charge in [-0.2, -0.15) is 0 Å². The minimum Gasteiger partial charge on any atom is -0.494 e. The predicted molar refractivity (Wildman–Crippen MR) is 167 cm³/mol. The third kappa shape index (κ3) is 7.89. The second-order valence-corrected chi connectivity index (χ2v) is 11.7. The highest BCUT2D eigenvalue weighted by Gasteiger charge is 2.38. The molecule has 41 heavy (non-hydrogen) atoms. The van der Waals surface area contributed by atoms with Gasteiger partial charge in [-0.05, 0) is 100 Å². The van der Waals surface area contributed by atoms with Gasteiger partial charge in [0.05, 0.1) is 23.9 Å². The maximum atomic E-state index is 13.6. The third-order valence-corrected chi connectivity index (χ3v) is 8.94. The summed E-state index contributed by atoms with van der Waals surface area (Å²) in [6, 6.07) is 5.28. The number of fused-ring (bicyclic) bond motifs is 1. The van der Waals surface area contributed by atoms with Crippen molar-refractivity contribution in [1.82, 2.24) is 9.80 Å². The van der Waals surface area contributed by atoms with E-state index >= 15 is 0 Å². The van der Waals surface area contributed by atoms with Crippen LogP contribution in [0.5, 0.6) is 5.75 Å². The Balaban J connectivity index is 1.23. The van der Waals surface area contributed by atoms with Crippen LogP contribution >= 0.6 is 0 Å². The normalized spacial score (nSPS) is 18.2. The van der Waals surface area contributed by atoms with Gasteiger partial charge < -0.3 is 9.64 Å². The lowest BCUT2D eigenvalue weighted by Crippen LogP contribution is -2.36. The Labute approximate surface area is 246 Å². The second-order valence-electron chi connectivity index (χ2n) is 11.7. The first-order valence-electron chi connectivity index (χ1n) is 15.3. The van der Waals surface area contributed by atoms with E-state index in [2.05, 4.69) is 48.3 Å². The number of allylic oxidation sites excluding steroid dienone is 3. The average Bonchev–Trinajstić information content (AvgIpc) is 3.61. The monoisotopic (exact) mass is 554 g/mol. The van der Waals surface area contributed by atoms with Gasteiger partial charge in [-0.3, -0.25) is 14.5 Å². The molecule has 4 rings (SSSR count). The number of rotatable bonds is 15. The van der Waals surface area contributed by atoms with Crippen LogP contribution in [0, 0.1) is 11.8 Å². The molecule has 0 N–H and O–H groups in total. The van der Waals surface area contributed by atoms with Crippen molar-refractivity contribution < 1.29 is 14.3 Å². The Morgan fingerprint density at radius 3 is 2.54 bits per heavy atom. The van der Waals surface area contributed by atoms with Crippen LogP contribution in [0.4, 0.5) is 0 Å². The Morgan fingerprint density at radius 1 is 1.10 bits per heavy atom. The van der Waals surface area contributed by atoms with E-state index in [1.165, 1.54) is 64.2 Å². The fourth-order valence-corrected chi connectivity index (χ4v) is 6.42. The summed E-state index contributed by atoms with van der Waals surface area (Å²) in [6.07, 6.45) is 16.7. The molecular formula is C36H46N2O3. The number of piperidine rings is 1. The Hall–Kier alpha value is -3.36. The van der Waals surface area contributed by atoms with Crippen LogP contribution in [0.3, 0.4) is 0 Å². The van der Waals surface area contributed by atoms with Crippen molar-refractivity contribution in [1.29, 1.82) is 0 Å². The van der Waals surface area contributed by atoms with Crippen molar-refractivity contribution in [2.45, 2.75) is 77.2 Å². The molecule has 1 aliphatic carbocycles. The highest BCUT2D eigenvalue weighted by Crippen LogP contribution is 2.38. The van der Waals surface area contributed by atoms with Crippen LogP contribution in [0.1, 0.15) is 87.1 Å². The summed E-state index contributed by atoms with van der Waals surface area (Å²) in [5, 5.41) is 0. The molecule has 0 radical (unpaired) electrons. The lowest BCUT2D eigenvalue weighted by Gasteiger charge is -2.33. The molecule has 1 saturated heterocycles. The summed E-state index contributed by atoms with van der Waals surface area (Å²) in [6.45, 7) is 17.5. The minimum absolute atomic E-state index is 0.0614. The number of unbranched alkanes of at least 4 members (excludes halogenated alkanes) is 2. The summed E-state index contributed by atoms with van der Waals surface area (Å²) in [7, 11) is 0. The van der Waals surface area contributed by atoms with Crippen LogP contribution in [-0.2, 0) is 4.79 Å². The fourth-order valence-electron chi connectivity index (χ4n) is 6.42. The Kier molecular flexibility index (Phi) is 11.2. The van der Waals surface area contributed by atoms with E-state index in [1.807, 2.05) is 25.1 Å². The number of amides is 1. The van der Waals surface area contributed by atoms with Crippen LogP contribution in [0.2, 0.25) is 0 Å². The van der Waals surface area contributed by atoms with Gasteiger partial charge in [-0.15, -0.1) is 11.5 Å². The summed E-state index contributed by atoms with van der Waals surface area (Å²) in [5.41, 5.74) is 8.62. The molecule has 0 bridgehead atoms. The zero-order valence-corrected chi connectivity index (χ0v) is 24.8. The van der Waals surface area contributed by atoms with E-state index in [0.29, 0.717) is 30.0 Å². The number of ketones is 1. The van der Waals surface area contributed by atoms with E-state index in [-0.39, 0.29) is 24.2 Å². The quantitative estimate of drug-likeness (QED) is 0.0974. The number of carbonyl (C=O) groups is 2. The van der Waals surface area contributed by atoms with Crippen molar-refractivity contribution >= 4 is 17.4 Å². The molecule has 2 aliphatic heterocycles. The molecule has 1 fully saturated rings. The second kappa shape index (κ2) is 15.0. The molecule has 5 heteroatoms. The van der Waals surface area contributed by atoms with E-state index in [1.54, 1.807) is 4.90 Å². The first-order chi connectivity index (χ1) is 19.9. The first-order valence-corrected chi connectivity index (χ1v) is 15.3. The average molecular weight is 555 g/mol. The first kappa shape index (κ1) is 30.6. The highest BCUT2D eigenvalue weighted by molar-refractivity contribution is 6.09. The van der Waals surface area contributed by atoms with E-state index in [0.717, 1.165) is 35.8 Å².